The number of oxime groups is 1. The number of hydrogen-bond donors (Lipinski definition) is 2. The fourth-order valence-electron chi connectivity index (χ4n) is 2.00. The Morgan fingerprint density at radius 1 is 1.43 bits per heavy atom. The average molecular weight is 303 g/mol. The molecule has 21 heavy (non-hydrogen) atoms. The van der Waals surface area contributed by atoms with Gasteiger partial charge in [0.05, 0.1) is 5.92 Å². The molecule has 0 spiro atoms. The van der Waals surface area contributed by atoms with Gasteiger partial charge in [-0.15, -0.1) is 11.3 Å². The molecule has 1 unspecified atom stereocenters. The smallest absolute Gasteiger partial charge is 0.233 e. The lowest BCUT2D eigenvalue weighted by Crippen LogP contribution is -2.20. The van der Waals surface area contributed by atoms with Gasteiger partial charge >= 0.3 is 0 Å². The minimum atomic E-state index is -0.203. The molecule has 1 heterocycles. The molecule has 0 aliphatic carbocycles. The summed E-state index contributed by atoms with van der Waals surface area (Å²) in [6, 6.07) is 9.67. The molecule has 2 N–H and O–H groups in total. The number of carbonyl (C=O) groups is 1. The highest BCUT2D eigenvalue weighted by Gasteiger charge is 2.19. The predicted molar refractivity (Wildman–Crippen MR) is 84.2 cm³/mol. The van der Waals surface area contributed by atoms with Gasteiger partial charge in [0.2, 0.25) is 5.91 Å². The minimum Gasteiger partial charge on any atom is -0.411 e. The number of carbonyl (C=O) groups excluding carboxylic acids is 1. The number of rotatable bonds is 5. The van der Waals surface area contributed by atoms with Crippen LogP contribution in [0.2, 0.25) is 0 Å². The zero-order chi connectivity index (χ0) is 15.2. The fraction of sp³-hybridized carbons (Fsp3) is 0.267. The maximum atomic E-state index is 12.4. The first kappa shape index (κ1) is 15.2. The van der Waals surface area contributed by atoms with Crippen molar-refractivity contribution in [2.75, 3.05) is 5.32 Å². The van der Waals surface area contributed by atoms with Crippen molar-refractivity contribution in [1.82, 2.24) is 4.98 Å². The van der Waals surface area contributed by atoms with Crippen LogP contribution in [0, 0.1) is 0 Å². The van der Waals surface area contributed by atoms with E-state index in [-0.39, 0.29) is 11.8 Å². The molecule has 1 aromatic heterocycles. The fourth-order valence-corrected chi connectivity index (χ4v) is 2.76. The second kappa shape index (κ2) is 6.99. The average Bonchev–Trinajstić information content (AvgIpc) is 2.96. The van der Waals surface area contributed by atoms with Gasteiger partial charge in [0.1, 0.15) is 11.4 Å². The minimum absolute atomic E-state index is 0.0804. The largest absolute Gasteiger partial charge is 0.411 e. The highest BCUT2D eigenvalue weighted by Crippen LogP contribution is 2.23. The van der Waals surface area contributed by atoms with Crippen LogP contribution < -0.4 is 5.32 Å². The molecule has 2 rings (SSSR count). The third-order valence-corrected chi connectivity index (χ3v) is 3.94. The van der Waals surface area contributed by atoms with Gasteiger partial charge < -0.3 is 10.5 Å². The predicted octanol–water partition coefficient (Wildman–Crippen LogP) is 3.47. The Labute approximate surface area is 127 Å². The summed E-state index contributed by atoms with van der Waals surface area (Å²) in [6.45, 7) is 3.63. The van der Waals surface area contributed by atoms with Gasteiger partial charge in [-0.3, -0.25) is 4.79 Å². The van der Waals surface area contributed by atoms with Crippen molar-refractivity contribution >= 4 is 28.1 Å². The van der Waals surface area contributed by atoms with Crippen molar-refractivity contribution in [2.24, 2.45) is 5.16 Å². The number of amides is 1. The van der Waals surface area contributed by atoms with Crippen molar-refractivity contribution in [3.05, 3.63) is 47.0 Å². The molecule has 5 nitrogen and oxygen atoms in total. The van der Waals surface area contributed by atoms with Crippen molar-refractivity contribution in [1.29, 1.82) is 0 Å². The van der Waals surface area contributed by atoms with Crippen molar-refractivity contribution in [2.45, 2.75) is 26.2 Å². The van der Waals surface area contributed by atoms with Crippen molar-refractivity contribution < 1.29 is 10.0 Å². The molecule has 2 aromatic rings. The normalized spacial score (nSPS) is 13.0. The summed E-state index contributed by atoms with van der Waals surface area (Å²) < 4.78 is 0. The summed E-state index contributed by atoms with van der Waals surface area (Å²) in [6.07, 6.45) is 0.713. The van der Waals surface area contributed by atoms with Gasteiger partial charge in [0.25, 0.3) is 0 Å². The van der Waals surface area contributed by atoms with Gasteiger partial charge in [-0.2, -0.15) is 0 Å². The molecule has 1 atom stereocenters. The standard InChI is InChI=1S/C15H17N3O2S/c1-3-12(11-7-5-4-6-8-11)14(19)17-15-16-13(9-21-15)10(2)18-20/h4-9,12,20H,3H2,1-2H3,(H,16,17,19). The molecule has 1 amide bonds. The van der Waals surface area contributed by atoms with Gasteiger partial charge in [-0.25, -0.2) is 4.98 Å². The van der Waals surface area contributed by atoms with E-state index in [2.05, 4.69) is 15.5 Å². The van der Waals surface area contributed by atoms with E-state index >= 15 is 0 Å². The van der Waals surface area contributed by atoms with E-state index in [1.54, 1.807) is 12.3 Å². The first-order valence-electron chi connectivity index (χ1n) is 6.66. The van der Waals surface area contributed by atoms with Gasteiger partial charge in [-0.1, -0.05) is 42.4 Å². The third kappa shape index (κ3) is 3.66. The summed E-state index contributed by atoms with van der Waals surface area (Å²) in [4.78, 5) is 16.6. The third-order valence-electron chi connectivity index (χ3n) is 3.18. The molecule has 0 radical (unpaired) electrons. The molecule has 110 valence electrons. The highest BCUT2D eigenvalue weighted by molar-refractivity contribution is 7.14. The van der Waals surface area contributed by atoms with Crippen LogP contribution in [0.5, 0.6) is 0 Å². The SMILES string of the molecule is CCC(C(=O)Nc1nc(C(C)=NO)cs1)c1ccccc1. The molecule has 0 fully saturated rings. The van der Waals surface area contributed by atoms with Crippen LogP contribution in [0.15, 0.2) is 40.9 Å². The zero-order valence-electron chi connectivity index (χ0n) is 11.9. The van der Waals surface area contributed by atoms with Crippen LogP contribution in [0.1, 0.15) is 37.4 Å². The van der Waals surface area contributed by atoms with Crippen LogP contribution in [0.25, 0.3) is 0 Å². The first-order chi connectivity index (χ1) is 10.2. The van der Waals surface area contributed by atoms with E-state index in [9.17, 15) is 4.79 Å². The second-order valence-corrected chi connectivity index (χ2v) is 5.44. The second-order valence-electron chi connectivity index (χ2n) is 4.58. The van der Waals surface area contributed by atoms with Crippen LogP contribution >= 0.6 is 11.3 Å². The van der Waals surface area contributed by atoms with Gasteiger partial charge in [0, 0.05) is 5.38 Å². The van der Waals surface area contributed by atoms with Crippen molar-refractivity contribution in [3.8, 4) is 0 Å². The first-order valence-corrected chi connectivity index (χ1v) is 7.54. The Bertz CT molecular complexity index is 637. The molecular formula is C15H17N3O2S. The number of hydrogen-bond acceptors (Lipinski definition) is 5. The van der Waals surface area contributed by atoms with Gasteiger partial charge in [0.15, 0.2) is 5.13 Å². The summed E-state index contributed by atoms with van der Waals surface area (Å²) in [7, 11) is 0. The molecule has 6 heteroatoms. The highest BCUT2D eigenvalue weighted by atomic mass is 32.1. The lowest BCUT2D eigenvalue weighted by Gasteiger charge is -2.14. The monoisotopic (exact) mass is 303 g/mol. The summed E-state index contributed by atoms with van der Waals surface area (Å²) in [5, 5.41) is 16.9. The number of nitrogens with zero attached hydrogens (tertiary/aromatic N) is 2. The number of benzene rings is 1. The summed E-state index contributed by atoms with van der Waals surface area (Å²) in [5.41, 5.74) is 1.97. The van der Waals surface area contributed by atoms with E-state index in [1.165, 1.54) is 11.3 Å². The topological polar surface area (TPSA) is 74.6 Å². The Balaban J connectivity index is 2.11. The molecule has 1 aromatic carbocycles. The Kier molecular flexibility index (Phi) is 5.05. The van der Waals surface area contributed by atoms with E-state index < -0.39 is 0 Å². The van der Waals surface area contributed by atoms with E-state index in [1.807, 2.05) is 37.3 Å². The number of nitrogens with one attached hydrogen (secondary N) is 1. The lowest BCUT2D eigenvalue weighted by atomic mass is 9.96. The molecule has 0 bridgehead atoms. The molecule has 0 aliphatic rings. The maximum Gasteiger partial charge on any atom is 0.233 e. The van der Waals surface area contributed by atoms with Gasteiger partial charge in [-0.05, 0) is 18.9 Å². The summed E-state index contributed by atoms with van der Waals surface area (Å²) in [5.74, 6) is -0.283. The quantitative estimate of drug-likeness (QED) is 0.504. The van der Waals surface area contributed by atoms with Crippen molar-refractivity contribution in [3.63, 3.8) is 0 Å². The van der Waals surface area contributed by atoms with Crippen LogP contribution in [-0.2, 0) is 4.79 Å². The molecule has 0 saturated carbocycles. The lowest BCUT2D eigenvalue weighted by molar-refractivity contribution is -0.117. The Hall–Kier alpha value is -2.21. The Morgan fingerprint density at radius 2 is 2.14 bits per heavy atom. The van der Waals surface area contributed by atoms with E-state index in [4.69, 9.17) is 5.21 Å². The molecule has 0 saturated heterocycles. The van der Waals surface area contributed by atoms with E-state index in [0.29, 0.717) is 23.0 Å². The summed E-state index contributed by atoms with van der Waals surface area (Å²) >= 11 is 1.31. The molecule has 0 aliphatic heterocycles. The van der Waals surface area contributed by atoms with E-state index in [0.717, 1.165) is 5.56 Å². The zero-order valence-corrected chi connectivity index (χ0v) is 12.7. The number of aromatic nitrogens is 1. The maximum absolute atomic E-state index is 12.4. The van der Waals surface area contributed by atoms with Crippen LogP contribution in [0.3, 0.4) is 0 Å². The number of thiazole rings is 1. The Morgan fingerprint density at radius 3 is 2.76 bits per heavy atom. The molecular weight excluding hydrogens is 286 g/mol. The number of anilines is 1. The van der Waals surface area contributed by atoms with Crippen LogP contribution in [0.4, 0.5) is 5.13 Å². The van der Waals surface area contributed by atoms with Crippen LogP contribution in [-0.4, -0.2) is 21.8 Å².